The normalized spacial score (nSPS) is 20.3. The van der Waals surface area contributed by atoms with Crippen molar-refractivity contribution >= 4 is 0 Å². The first-order valence-electron chi connectivity index (χ1n) is 6.79. The fraction of sp³-hybridized carbons (Fsp3) is 0.250. The van der Waals surface area contributed by atoms with Crippen LogP contribution in [0.15, 0.2) is 24.3 Å². The highest BCUT2D eigenvalue weighted by Crippen LogP contribution is 2.43. The molecule has 0 bridgehead atoms. The third kappa shape index (κ3) is 2.27. The van der Waals surface area contributed by atoms with Crippen molar-refractivity contribution in [2.24, 2.45) is 0 Å². The lowest BCUT2D eigenvalue weighted by atomic mass is 9.93. The molecule has 0 saturated carbocycles. The van der Waals surface area contributed by atoms with Gasteiger partial charge in [0.15, 0.2) is 11.5 Å². The molecule has 6 nitrogen and oxygen atoms in total. The van der Waals surface area contributed by atoms with E-state index in [4.69, 9.17) is 4.74 Å². The van der Waals surface area contributed by atoms with E-state index in [0.717, 1.165) is 0 Å². The molecule has 1 heterocycles. The predicted molar refractivity (Wildman–Crippen MR) is 77.4 cm³/mol. The van der Waals surface area contributed by atoms with Crippen molar-refractivity contribution in [2.45, 2.75) is 25.6 Å². The Kier molecular flexibility index (Phi) is 3.26. The van der Waals surface area contributed by atoms with Gasteiger partial charge in [0, 0.05) is 24.1 Å². The summed E-state index contributed by atoms with van der Waals surface area (Å²) < 4.78 is 5.68. The lowest BCUT2D eigenvalue weighted by molar-refractivity contribution is 0.0196. The van der Waals surface area contributed by atoms with Crippen LogP contribution in [0.2, 0.25) is 0 Å². The quantitative estimate of drug-likeness (QED) is 0.514. The van der Waals surface area contributed by atoms with Crippen molar-refractivity contribution in [3.63, 3.8) is 0 Å². The summed E-state index contributed by atoms with van der Waals surface area (Å²) in [5.41, 5.74) is 1.37. The molecular formula is C16H16O6. The van der Waals surface area contributed by atoms with E-state index in [1.807, 2.05) is 0 Å². The zero-order valence-electron chi connectivity index (χ0n) is 11.8. The van der Waals surface area contributed by atoms with Crippen molar-refractivity contribution in [2.75, 3.05) is 0 Å². The molecule has 6 heteroatoms. The summed E-state index contributed by atoms with van der Waals surface area (Å²) in [6.07, 6.45) is -1.57. The van der Waals surface area contributed by atoms with Gasteiger partial charge in [-0.2, -0.15) is 0 Å². The van der Waals surface area contributed by atoms with Crippen molar-refractivity contribution in [3.8, 4) is 28.7 Å². The Balaban J connectivity index is 2.03. The Morgan fingerprint density at radius 2 is 1.73 bits per heavy atom. The summed E-state index contributed by atoms with van der Waals surface area (Å²) in [5.74, 6) is -0.522. The van der Waals surface area contributed by atoms with Crippen LogP contribution < -0.4 is 4.74 Å². The maximum absolute atomic E-state index is 10.3. The largest absolute Gasteiger partial charge is 0.508 e. The van der Waals surface area contributed by atoms with Crippen LogP contribution in [0, 0.1) is 6.92 Å². The van der Waals surface area contributed by atoms with E-state index in [1.54, 1.807) is 13.0 Å². The SMILES string of the molecule is Cc1cc([C@H]2Oc3cc(O)cc(O)c3C[C@H]2O)cc(O)c1O. The van der Waals surface area contributed by atoms with E-state index < -0.39 is 12.2 Å². The van der Waals surface area contributed by atoms with Gasteiger partial charge in [-0.05, 0) is 30.2 Å². The van der Waals surface area contributed by atoms with Gasteiger partial charge in [-0.1, -0.05) is 0 Å². The second kappa shape index (κ2) is 4.99. The molecule has 0 spiro atoms. The van der Waals surface area contributed by atoms with Crippen molar-refractivity contribution in [1.29, 1.82) is 0 Å². The number of fused-ring (bicyclic) bond motifs is 1. The maximum Gasteiger partial charge on any atom is 0.160 e. The molecule has 0 fully saturated rings. The number of ether oxygens (including phenoxy) is 1. The van der Waals surface area contributed by atoms with E-state index in [2.05, 4.69) is 0 Å². The third-order valence-electron chi connectivity index (χ3n) is 3.82. The summed E-state index contributed by atoms with van der Waals surface area (Å²) in [6, 6.07) is 5.48. The average molecular weight is 304 g/mol. The Hall–Kier alpha value is -2.60. The first-order valence-corrected chi connectivity index (χ1v) is 6.79. The topological polar surface area (TPSA) is 110 Å². The molecule has 3 rings (SSSR count). The number of hydrogen-bond donors (Lipinski definition) is 5. The molecule has 0 aromatic heterocycles. The van der Waals surface area contributed by atoms with Crippen LogP contribution in [-0.4, -0.2) is 31.6 Å². The first-order chi connectivity index (χ1) is 10.4. The zero-order chi connectivity index (χ0) is 16.0. The van der Waals surface area contributed by atoms with E-state index in [0.29, 0.717) is 16.7 Å². The molecule has 0 saturated heterocycles. The maximum atomic E-state index is 10.3. The highest BCUT2D eigenvalue weighted by atomic mass is 16.5. The molecular weight excluding hydrogens is 288 g/mol. The van der Waals surface area contributed by atoms with Gasteiger partial charge in [0.05, 0.1) is 6.10 Å². The fourth-order valence-corrected chi connectivity index (χ4v) is 2.70. The average Bonchev–Trinajstić information content (AvgIpc) is 2.44. The third-order valence-corrected chi connectivity index (χ3v) is 3.82. The van der Waals surface area contributed by atoms with Crippen molar-refractivity contribution in [3.05, 3.63) is 41.0 Å². The van der Waals surface area contributed by atoms with Gasteiger partial charge in [-0.3, -0.25) is 0 Å². The van der Waals surface area contributed by atoms with Crippen molar-refractivity contribution < 1.29 is 30.3 Å². The van der Waals surface area contributed by atoms with Gasteiger partial charge in [0.2, 0.25) is 0 Å². The second-order valence-corrected chi connectivity index (χ2v) is 5.46. The number of aliphatic hydroxyl groups excluding tert-OH is 1. The Morgan fingerprint density at radius 1 is 1.00 bits per heavy atom. The van der Waals surface area contributed by atoms with E-state index >= 15 is 0 Å². The number of aliphatic hydroxyl groups is 1. The number of benzene rings is 2. The minimum atomic E-state index is -0.939. The second-order valence-electron chi connectivity index (χ2n) is 5.46. The number of aromatic hydroxyl groups is 4. The first kappa shape index (κ1) is 14.3. The van der Waals surface area contributed by atoms with E-state index in [9.17, 15) is 25.5 Å². The zero-order valence-corrected chi connectivity index (χ0v) is 11.8. The Morgan fingerprint density at radius 3 is 2.41 bits per heavy atom. The fourth-order valence-electron chi connectivity index (χ4n) is 2.70. The molecule has 1 aliphatic heterocycles. The summed E-state index contributed by atoms with van der Waals surface area (Å²) in [4.78, 5) is 0. The van der Waals surface area contributed by atoms with Gasteiger partial charge < -0.3 is 30.3 Å². The number of hydrogen-bond acceptors (Lipinski definition) is 6. The molecule has 116 valence electrons. The number of rotatable bonds is 1. The van der Waals surface area contributed by atoms with Gasteiger partial charge in [-0.25, -0.2) is 0 Å². The number of phenolic OH excluding ortho intramolecular Hbond substituents is 4. The van der Waals surface area contributed by atoms with Crippen molar-refractivity contribution in [1.82, 2.24) is 0 Å². The van der Waals surface area contributed by atoms with Gasteiger partial charge in [0.1, 0.15) is 23.4 Å². The van der Waals surface area contributed by atoms with Crippen LogP contribution in [0.25, 0.3) is 0 Å². The molecule has 2 atom stereocenters. The highest BCUT2D eigenvalue weighted by molar-refractivity contribution is 5.52. The summed E-state index contributed by atoms with van der Waals surface area (Å²) in [6.45, 7) is 1.62. The monoisotopic (exact) mass is 304 g/mol. The molecule has 22 heavy (non-hydrogen) atoms. The summed E-state index contributed by atoms with van der Waals surface area (Å²) >= 11 is 0. The Labute approximate surface area is 126 Å². The van der Waals surface area contributed by atoms with E-state index in [1.165, 1.54) is 18.2 Å². The molecule has 0 unspecified atom stereocenters. The molecule has 2 aromatic carbocycles. The van der Waals surface area contributed by atoms with Crippen LogP contribution in [-0.2, 0) is 6.42 Å². The molecule has 5 N–H and O–H groups in total. The molecule has 2 aromatic rings. The van der Waals surface area contributed by atoms with Crippen LogP contribution in [0.3, 0.4) is 0 Å². The minimum Gasteiger partial charge on any atom is -0.508 e. The minimum absolute atomic E-state index is 0.141. The highest BCUT2D eigenvalue weighted by Gasteiger charge is 2.32. The Bertz CT molecular complexity index is 717. The van der Waals surface area contributed by atoms with Gasteiger partial charge >= 0.3 is 0 Å². The predicted octanol–water partition coefficient (Wildman–Crippen LogP) is 1.85. The molecule has 0 aliphatic carbocycles. The molecule has 1 aliphatic rings. The number of aryl methyl sites for hydroxylation is 1. The van der Waals surface area contributed by atoms with Crippen LogP contribution >= 0.6 is 0 Å². The lowest BCUT2D eigenvalue weighted by Gasteiger charge is -2.31. The number of phenols is 4. The van der Waals surface area contributed by atoms with Crippen LogP contribution in [0.1, 0.15) is 22.8 Å². The van der Waals surface area contributed by atoms with Crippen LogP contribution in [0.4, 0.5) is 0 Å². The molecule has 0 amide bonds. The summed E-state index contributed by atoms with van der Waals surface area (Å²) in [5, 5.41) is 48.9. The van der Waals surface area contributed by atoms with Gasteiger partial charge in [-0.15, -0.1) is 0 Å². The van der Waals surface area contributed by atoms with Crippen LogP contribution in [0.5, 0.6) is 28.7 Å². The smallest absolute Gasteiger partial charge is 0.160 e. The molecule has 0 radical (unpaired) electrons. The summed E-state index contributed by atoms with van der Waals surface area (Å²) in [7, 11) is 0. The lowest BCUT2D eigenvalue weighted by Crippen LogP contribution is -2.30. The standard InChI is InChI=1S/C16H16O6/c1-7-2-8(3-12(19)15(7)21)16-13(20)6-10-11(18)4-9(17)5-14(10)22-16/h2-5,13,16-21H,6H2,1H3/t13-,16-/m1/s1. The van der Waals surface area contributed by atoms with E-state index in [-0.39, 0.29) is 35.2 Å². The van der Waals surface area contributed by atoms with Gasteiger partial charge in [0.25, 0.3) is 0 Å².